The summed E-state index contributed by atoms with van der Waals surface area (Å²) in [6.07, 6.45) is 1.23. The predicted octanol–water partition coefficient (Wildman–Crippen LogP) is 0.713. The van der Waals surface area contributed by atoms with E-state index in [1.165, 1.54) is 6.07 Å². The number of hydrogen-bond acceptors (Lipinski definition) is 5. The second-order valence-electron chi connectivity index (χ2n) is 4.90. The van der Waals surface area contributed by atoms with E-state index in [4.69, 9.17) is 10.8 Å². The van der Waals surface area contributed by atoms with Crippen molar-refractivity contribution in [2.24, 2.45) is 0 Å². The van der Waals surface area contributed by atoms with Gasteiger partial charge in [0.05, 0.1) is 11.3 Å². The molecule has 0 saturated carbocycles. The normalized spacial score (nSPS) is 18.7. The van der Waals surface area contributed by atoms with Gasteiger partial charge in [0.2, 0.25) is 0 Å². The van der Waals surface area contributed by atoms with Crippen molar-refractivity contribution >= 4 is 17.5 Å². The number of pyridine rings is 1. The Morgan fingerprint density at radius 2 is 2.06 bits per heavy atom. The van der Waals surface area contributed by atoms with Gasteiger partial charge in [0.15, 0.2) is 11.5 Å². The Labute approximate surface area is 105 Å². The summed E-state index contributed by atoms with van der Waals surface area (Å²) in [7, 11) is 0. The minimum Gasteiger partial charge on any atom is -0.477 e. The minimum atomic E-state index is -1.07. The van der Waals surface area contributed by atoms with Gasteiger partial charge in [-0.2, -0.15) is 0 Å². The van der Waals surface area contributed by atoms with Gasteiger partial charge in [0, 0.05) is 13.1 Å². The molecule has 1 fully saturated rings. The Kier molecular flexibility index (Phi) is 3.13. The highest BCUT2D eigenvalue weighted by molar-refractivity contribution is 5.87. The van der Waals surface area contributed by atoms with E-state index in [0.29, 0.717) is 37.4 Å². The zero-order valence-electron chi connectivity index (χ0n) is 10.3. The molecule has 98 valence electrons. The van der Waals surface area contributed by atoms with Crippen LogP contribution in [-0.4, -0.2) is 39.9 Å². The first-order valence-electron chi connectivity index (χ1n) is 5.86. The van der Waals surface area contributed by atoms with E-state index in [-0.39, 0.29) is 5.69 Å². The number of carboxylic acid groups (broad SMARTS) is 1. The Morgan fingerprint density at radius 3 is 2.61 bits per heavy atom. The summed E-state index contributed by atoms with van der Waals surface area (Å²) in [4.78, 5) is 16.9. The molecular formula is C12H17N3O3. The molecule has 1 saturated heterocycles. The number of aromatic carboxylic acids is 1. The first-order chi connectivity index (χ1) is 8.39. The Morgan fingerprint density at radius 1 is 1.44 bits per heavy atom. The number of aliphatic hydroxyl groups is 1. The number of nitrogens with zero attached hydrogens (tertiary/aromatic N) is 2. The van der Waals surface area contributed by atoms with Gasteiger partial charge in [-0.15, -0.1) is 0 Å². The van der Waals surface area contributed by atoms with Crippen LogP contribution in [0.1, 0.15) is 30.3 Å². The number of rotatable bonds is 2. The molecule has 0 radical (unpaired) electrons. The maximum atomic E-state index is 10.9. The molecule has 0 bridgehead atoms. The van der Waals surface area contributed by atoms with Crippen LogP contribution in [0.25, 0.3) is 0 Å². The van der Waals surface area contributed by atoms with E-state index >= 15 is 0 Å². The third-order valence-electron chi connectivity index (χ3n) is 3.26. The number of nitrogen functional groups attached to an aromatic ring is 1. The van der Waals surface area contributed by atoms with Crippen molar-refractivity contribution in [3.8, 4) is 0 Å². The summed E-state index contributed by atoms with van der Waals surface area (Å²) in [5.41, 5.74) is 5.61. The Balaban J connectivity index is 2.23. The number of anilines is 2. The fourth-order valence-corrected chi connectivity index (χ4v) is 2.03. The van der Waals surface area contributed by atoms with Gasteiger partial charge in [-0.1, -0.05) is 0 Å². The summed E-state index contributed by atoms with van der Waals surface area (Å²) in [5, 5.41) is 18.8. The van der Waals surface area contributed by atoms with E-state index in [1.54, 1.807) is 13.0 Å². The van der Waals surface area contributed by atoms with Crippen LogP contribution < -0.4 is 10.6 Å². The molecule has 6 heteroatoms. The molecule has 2 heterocycles. The van der Waals surface area contributed by atoms with Crippen LogP contribution in [0.5, 0.6) is 0 Å². The van der Waals surface area contributed by atoms with Crippen LogP contribution in [0.3, 0.4) is 0 Å². The molecule has 18 heavy (non-hydrogen) atoms. The smallest absolute Gasteiger partial charge is 0.354 e. The highest BCUT2D eigenvalue weighted by atomic mass is 16.4. The number of aromatic nitrogens is 1. The van der Waals surface area contributed by atoms with Gasteiger partial charge >= 0.3 is 5.97 Å². The first kappa shape index (κ1) is 12.6. The number of carbonyl (C=O) groups is 1. The highest BCUT2D eigenvalue weighted by Crippen LogP contribution is 2.28. The molecule has 1 aliphatic rings. The molecule has 6 nitrogen and oxygen atoms in total. The fourth-order valence-electron chi connectivity index (χ4n) is 2.03. The number of hydrogen-bond donors (Lipinski definition) is 3. The average Bonchev–Trinajstić information content (AvgIpc) is 2.30. The van der Waals surface area contributed by atoms with Gasteiger partial charge in [-0.25, -0.2) is 9.78 Å². The summed E-state index contributed by atoms with van der Waals surface area (Å²) in [6.45, 7) is 3.04. The summed E-state index contributed by atoms with van der Waals surface area (Å²) in [6, 6.07) is 2.94. The van der Waals surface area contributed by atoms with E-state index < -0.39 is 11.6 Å². The van der Waals surface area contributed by atoms with Crippen LogP contribution in [0, 0.1) is 0 Å². The topological polar surface area (TPSA) is 99.7 Å². The quantitative estimate of drug-likeness (QED) is 0.716. The maximum absolute atomic E-state index is 10.9. The molecular weight excluding hydrogens is 234 g/mol. The van der Waals surface area contributed by atoms with Crippen LogP contribution in [-0.2, 0) is 0 Å². The lowest BCUT2D eigenvalue weighted by atomic mass is 9.94. The standard InChI is InChI=1S/C12H17N3O3/c1-12(18)4-6-15(7-5-12)10-8(13)2-3-9(14-10)11(16)17/h2-3,18H,4-7,13H2,1H3,(H,16,17). The highest BCUT2D eigenvalue weighted by Gasteiger charge is 2.28. The molecule has 0 aromatic carbocycles. The second kappa shape index (κ2) is 4.45. The van der Waals surface area contributed by atoms with Gasteiger partial charge in [0.1, 0.15) is 0 Å². The molecule has 2 rings (SSSR count). The number of carboxylic acids is 1. The van der Waals surface area contributed by atoms with Gasteiger partial charge < -0.3 is 20.8 Å². The molecule has 1 aromatic rings. The van der Waals surface area contributed by atoms with Crippen molar-refractivity contribution in [1.82, 2.24) is 4.98 Å². The lowest BCUT2D eigenvalue weighted by Crippen LogP contribution is -2.43. The molecule has 0 spiro atoms. The van der Waals surface area contributed by atoms with Gasteiger partial charge in [-0.3, -0.25) is 0 Å². The second-order valence-corrected chi connectivity index (χ2v) is 4.90. The maximum Gasteiger partial charge on any atom is 0.354 e. The van der Waals surface area contributed by atoms with Crippen LogP contribution >= 0.6 is 0 Å². The van der Waals surface area contributed by atoms with Gasteiger partial charge in [-0.05, 0) is 31.9 Å². The fraction of sp³-hybridized carbons (Fsp3) is 0.500. The van der Waals surface area contributed by atoms with E-state index in [0.717, 1.165) is 0 Å². The lowest BCUT2D eigenvalue weighted by Gasteiger charge is -2.36. The summed E-state index contributed by atoms with van der Waals surface area (Å²) < 4.78 is 0. The molecule has 1 aliphatic heterocycles. The third kappa shape index (κ3) is 2.53. The molecule has 0 amide bonds. The molecule has 0 aliphatic carbocycles. The number of piperidine rings is 1. The predicted molar refractivity (Wildman–Crippen MR) is 67.7 cm³/mol. The van der Waals surface area contributed by atoms with Crippen molar-refractivity contribution in [3.63, 3.8) is 0 Å². The molecule has 1 aromatic heterocycles. The van der Waals surface area contributed by atoms with Crippen molar-refractivity contribution in [3.05, 3.63) is 17.8 Å². The number of nitrogens with two attached hydrogens (primary N) is 1. The van der Waals surface area contributed by atoms with Crippen molar-refractivity contribution in [1.29, 1.82) is 0 Å². The van der Waals surface area contributed by atoms with E-state index in [2.05, 4.69) is 4.98 Å². The van der Waals surface area contributed by atoms with E-state index in [9.17, 15) is 9.90 Å². The summed E-state index contributed by atoms with van der Waals surface area (Å²) >= 11 is 0. The van der Waals surface area contributed by atoms with Crippen molar-refractivity contribution in [2.75, 3.05) is 23.7 Å². The molecule has 0 unspecified atom stereocenters. The minimum absolute atomic E-state index is 0.0171. The van der Waals surface area contributed by atoms with E-state index in [1.807, 2.05) is 4.90 Å². The van der Waals surface area contributed by atoms with Crippen LogP contribution in [0.15, 0.2) is 12.1 Å². The first-order valence-corrected chi connectivity index (χ1v) is 5.86. The SMILES string of the molecule is CC1(O)CCN(c2nc(C(=O)O)ccc2N)CC1. The Bertz CT molecular complexity index is 464. The monoisotopic (exact) mass is 251 g/mol. The largest absolute Gasteiger partial charge is 0.477 e. The summed E-state index contributed by atoms with van der Waals surface area (Å²) in [5.74, 6) is -0.578. The van der Waals surface area contributed by atoms with Crippen LogP contribution in [0.4, 0.5) is 11.5 Å². The molecule has 4 N–H and O–H groups in total. The lowest BCUT2D eigenvalue weighted by molar-refractivity contribution is 0.0350. The average molecular weight is 251 g/mol. The zero-order chi connectivity index (χ0) is 13.3. The zero-order valence-corrected chi connectivity index (χ0v) is 10.3. The Hall–Kier alpha value is -1.82. The van der Waals surface area contributed by atoms with Gasteiger partial charge in [0.25, 0.3) is 0 Å². The van der Waals surface area contributed by atoms with Crippen molar-refractivity contribution < 1.29 is 15.0 Å². The third-order valence-corrected chi connectivity index (χ3v) is 3.26. The molecule has 0 atom stereocenters. The van der Waals surface area contributed by atoms with Crippen LogP contribution in [0.2, 0.25) is 0 Å². The van der Waals surface area contributed by atoms with Crippen molar-refractivity contribution in [2.45, 2.75) is 25.4 Å².